The number of hydrogen-bond donors (Lipinski definition) is 1. The van der Waals surface area contributed by atoms with E-state index >= 15 is 0 Å². The van der Waals surface area contributed by atoms with Gasteiger partial charge >= 0.3 is 0 Å². The predicted octanol–water partition coefficient (Wildman–Crippen LogP) is 1.49. The number of piperidine rings is 1. The minimum absolute atomic E-state index is 0.497. The average Bonchev–Trinajstić information content (AvgIpc) is 2.29. The van der Waals surface area contributed by atoms with E-state index < -0.39 is 0 Å². The molecule has 1 aliphatic heterocycles. The van der Waals surface area contributed by atoms with E-state index in [9.17, 15) is 0 Å². The first-order valence-corrected chi connectivity index (χ1v) is 6.26. The third-order valence-corrected chi connectivity index (χ3v) is 3.43. The summed E-state index contributed by atoms with van der Waals surface area (Å²) >= 11 is 0. The van der Waals surface area contributed by atoms with Crippen LogP contribution in [0.3, 0.4) is 0 Å². The molecular formula is C12H26N2O. The van der Waals surface area contributed by atoms with Gasteiger partial charge in [0.1, 0.15) is 0 Å². The fourth-order valence-corrected chi connectivity index (χ4v) is 1.86. The van der Waals surface area contributed by atoms with E-state index in [1.807, 2.05) is 0 Å². The lowest BCUT2D eigenvalue weighted by Crippen LogP contribution is -2.36. The van der Waals surface area contributed by atoms with Crippen molar-refractivity contribution in [3.05, 3.63) is 0 Å². The van der Waals surface area contributed by atoms with Gasteiger partial charge in [-0.25, -0.2) is 0 Å². The van der Waals surface area contributed by atoms with Crippen LogP contribution in [-0.4, -0.2) is 50.3 Å². The Morgan fingerprint density at radius 3 is 2.67 bits per heavy atom. The SMILES string of the molecule is CCC(C)N(C)CCOC1CCNCC1. The second-order valence-corrected chi connectivity index (χ2v) is 4.56. The Balaban J connectivity index is 2.04. The van der Waals surface area contributed by atoms with Gasteiger partial charge in [-0.1, -0.05) is 6.92 Å². The molecule has 0 aromatic rings. The highest BCUT2D eigenvalue weighted by atomic mass is 16.5. The number of nitrogens with zero attached hydrogens (tertiary/aromatic N) is 1. The van der Waals surface area contributed by atoms with Gasteiger partial charge in [-0.2, -0.15) is 0 Å². The van der Waals surface area contributed by atoms with Crippen LogP contribution in [0.1, 0.15) is 33.1 Å². The average molecular weight is 214 g/mol. The predicted molar refractivity (Wildman–Crippen MR) is 64.2 cm³/mol. The molecule has 90 valence electrons. The van der Waals surface area contributed by atoms with E-state index in [4.69, 9.17) is 4.74 Å². The van der Waals surface area contributed by atoms with Crippen molar-refractivity contribution in [2.45, 2.75) is 45.3 Å². The molecule has 0 aromatic heterocycles. The number of likely N-dealkylation sites (N-methyl/N-ethyl adjacent to an activating group) is 1. The quantitative estimate of drug-likeness (QED) is 0.725. The monoisotopic (exact) mass is 214 g/mol. The topological polar surface area (TPSA) is 24.5 Å². The fourth-order valence-electron chi connectivity index (χ4n) is 1.86. The highest BCUT2D eigenvalue weighted by Gasteiger charge is 2.13. The van der Waals surface area contributed by atoms with Gasteiger partial charge in [0.15, 0.2) is 0 Å². The molecule has 1 atom stereocenters. The third kappa shape index (κ3) is 4.96. The Kier molecular flexibility index (Phi) is 6.22. The van der Waals surface area contributed by atoms with Gasteiger partial charge in [0.2, 0.25) is 0 Å². The van der Waals surface area contributed by atoms with Gasteiger partial charge in [-0.15, -0.1) is 0 Å². The molecule has 0 aliphatic carbocycles. The molecule has 3 nitrogen and oxygen atoms in total. The van der Waals surface area contributed by atoms with E-state index in [1.165, 1.54) is 19.3 Å². The van der Waals surface area contributed by atoms with E-state index in [0.717, 1.165) is 26.2 Å². The molecule has 15 heavy (non-hydrogen) atoms. The van der Waals surface area contributed by atoms with Crippen LogP contribution in [0.2, 0.25) is 0 Å². The molecule has 0 radical (unpaired) electrons. The highest BCUT2D eigenvalue weighted by Crippen LogP contribution is 2.07. The van der Waals surface area contributed by atoms with Crippen molar-refractivity contribution in [1.29, 1.82) is 0 Å². The summed E-state index contributed by atoms with van der Waals surface area (Å²) in [5.41, 5.74) is 0. The van der Waals surface area contributed by atoms with Crippen LogP contribution in [0.25, 0.3) is 0 Å². The molecule has 1 fully saturated rings. The zero-order valence-electron chi connectivity index (χ0n) is 10.5. The maximum absolute atomic E-state index is 5.87. The summed E-state index contributed by atoms with van der Waals surface area (Å²) in [4.78, 5) is 2.38. The van der Waals surface area contributed by atoms with E-state index in [2.05, 4.69) is 31.1 Å². The van der Waals surface area contributed by atoms with Gasteiger partial charge in [-0.05, 0) is 46.3 Å². The first-order chi connectivity index (χ1) is 7.24. The molecule has 0 aromatic carbocycles. The Morgan fingerprint density at radius 2 is 2.07 bits per heavy atom. The Hall–Kier alpha value is -0.120. The zero-order valence-corrected chi connectivity index (χ0v) is 10.5. The summed E-state index contributed by atoms with van der Waals surface area (Å²) in [5.74, 6) is 0. The normalized spacial score (nSPS) is 20.8. The van der Waals surface area contributed by atoms with Crippen LogP contribution in [0.5, 0.6) is 0 Å². The summed E-state index contributed by atoms with van der Waals surface area (Å²) in [5, 5.41) is 3.35. The number of ether oxygens (including phenoxy) is 1. The summed E-state index contributed by atoms with van der Waals surface area (Å²) in [6.45, 7) is 8.67. The zero-order chi connectivity index (χ0) is 11.1. The van der Waals surface area contributed by atoms with Crippen LogP contribution >= 0.6 is 0 Å². The minimum atomic E-state index is 0.497. The second kappa shape index (κ2) is 7.20. The van der Waals surface area contributed by atoms with Crippen LogP contribution in [0.15, 0.2) is 0 Å². The number of rotatable bonds is 6. The smallest absolute Gasteiger partial charge is 0.0600 e. The largest absolute Gasteiger partial charge is 0.377 e. The first-order valence-electron chi connectivity index (χ1n) is 6.26. The molecule has 0 spiro atoms. The molecule has 1 saturated heterocycles. The van der Waals surface area contributed by atoms with Crippen molar-refractivity contribution >= 4 is 0 Å². The van der Waals surface area contributed by atoms with Gasteiger partial charge < -0.3 is 15.0 Å². The summed E-state index contributed by atoms with van der Waals surface area (Å²) in [6.07, 6.45) is 4.06. The van der Waals surface area contributed by atoms with Gasteiger partial charge in [0.25, 0.3) is 0 Å². The molecule has 0 amide bonds. The molecule has 1 N–H and O–H groups in total. The molecular weight excluding hydrogens is 188 g/mol. The van der Waals surface area contributed by atoms with Crippen molar-refractivity contribution < 1.29 is 4.74 Å². The van der Waals surface area contributed by atoms with E-state index in [0.29, 0.717) is 12.1 Å². The third-order valence-electron chi connectivity index (χ3n) is 3.43. The summed E-state index contributed by atoms with van der Waals surface area (Å²) in [7, 11) is 2.18. The lowest BCUT2D eigenvalue weighted by atomic mass is 10.1. The summed E-state index contributed by atoms with van der Waals surface area (Å²) < 4.78 is 5.87. The van der Waals surface area contributed by atoms with Crippen LogP contribution < -0.4 is 5.32 Å². The standard InChI is InChI=1S/C12H26N2O/c1-4-11(2)14(3)9-10-15-12-5-7-13-8-6-12/h11-13H,4-10H2,1-3H3. The number of hydrogen-bond acceptors (Lipinski definition) is 3. The van der Waals surface area contributed by atoms with Crippen molar-refractivity contribution in [1.82, 2.24) is 10.2 Å². The molecule has 0 bridgehead atoms. The van der Waals surface area contributed by atoms with Crippen LogP contribution in [0.4, 0.5) is 0 Å². The van der Waals surface area contributed by atoms with Crippen molar-refractivity contribution in [3.63, 3.8) is 0 Å². The molecule has 3 heteroatoms. The maximum Gasteiger partial charge on any atom is 0.0600 e. The second-order valence-electron chi connectivity index (χ2n) is 4.56. The first kappa shape index (κ1) is 12.9. The van der Waals surface area contributed by atoms with Gasteiger partial charge in [-0.3, -0.25) is 0 Å². The number of nitrogens with one attached hydrogen (secondary N) is 1. The Labute approximate surface area is 94.2 Å². The molecule has 0 saturated carbocycles. The summed E-state index contributed by atoms with van der Waals surface area (Å²) in [6, 6.07) is 0.668. The van der Waals surface area contributed by atoms with Gasteiger partial charge in [0.05, 0.1) is 12.7 Å². The maximum atomic E-state index is 5.87. The highest BCUT2D eigenvalue weighted by molar-refractivity contribution is 4.68. The van der Waals surface area contributed by atoms with Crippen molar-refractivity contribution in [2.75, 3.05) is 33.3 Å². The Bertz CT molecular complexity index is 156. The lowest BCUT2D eigenvalue weighted by molar-refractivity contribution is 0.0190. The van der Waals surface area contributed by atoms with E-state index in [1.54, 1.807) is 0 Å². The van der Waals surface area contributed by atoms with Crippen LogP contribution in [-0.2, 0) is 4.74 Å². The molecule has 1 heterocycles. The molecule has 1 aliphatic rings. The Morgan fingerprint density at radius 1 is 1.40 bits per heavy atom. The minimum Gasteiger partial charge on any atom is -0.377 e. The van der Waals surface area contributed by atoms with Crippen molar-refractivity contribution in [2.24, 2.45) is 0 Å². The lowest BCUT2D eigenvalue weighted by Gasteiger charge is -2.26. The van der Waals surface area contributed by atoms with Gasteiger partial charge in [0, 0.05) is 12.6 Å². The van der Waals surface area contributed by atoms with Crippen molar-refractivity contribution in [3.8, 4) is 0 Å². The molecule has 1 unspecified atom stereocenters. The fraction of sp³-hybridized carbons (Fsp3) is 1.00. The van der Waals surface area contributed by atoms with E-state index in [-0.39, 0.29) is 0 Å². The van der Waals surface area contributed by atoms with Crippen LogP contribution in [0, 0.1) is 0 Å². The molecule has 1 rings (SSSR count).